The van der Waals surface area contributed by atoms with E-state index >= 15 is 0 Å². The lowest BCUT2D eigenvalue weighted by molar-refractivity contribution is 0.0954. The predicted molar refractivity (Wildman–Crippen MR) is 82.4 cm³/mol. The molecule has 2 aromatic heterocycles. The summed E-state index contributed by atoms with van der Waals surface area (Å²) in [4.78, 5) is 16.5. The first kappa shape index (κ1) is 15.0. The van der Waals surface area contributed by atoms with E-state index in [1.54, 1.807) is 16.8 Å². The highest BCUT2D eigenvalue weighted by Gasteiger charge is 2.08. The molecule has 0 saturated heterocycles. The maximum Gasteiger partial charge on any atom is 0.251 e. The van der Waals surface area contributed by atoms with Crippen LogP contribution >= 0.6 is 0 Å². The minimum atomic E-state index is -0.0874. The van der Waals surface area contributed by atoms with Crippen molar-refractivity contribution >= 4 is 11.7 Å². The van der Waals surface area contributed by atoms with Gasteiger partial charge in [-0.1, -0.05) is 0 Å². The second-order valence-corrected chi connectivity index (χ2v) is 4.90. The molecule has 6 nitrogen and oxygen atoms in total. The Morgan fingerprint density at radius 1 is 1.38 bits per heavy atom. The van der Waals surface area contributed by atoms with E-state index in [-0.39, 0.29) is 5.91 Å². The SMILES string of the molecule is CCNc1cc(C(=O)NCCc2ccn(C)n2)cc(C)n1. The van der Waals surface area contributed by atoms with E-state index in [0.29, 0.717) is 12.1 Å². The van der Waals surface area contributed by atoms with Crippen molar-refractivity contribution in [2.45, 2.75) is 20.3 Å². The Labute approximate surface area is 124 Å². The highest BCUT2D eigenvalue weighted by molar-refractivity contribution is 5.95. The Morgan fingerprint density at radius 2 is 2.19 bits per heavy atom. The quantitative estimate of drug-likeness (QED) is 0.845. The van der Waals surface area contributed by atoms with Gasteiger partial charge < -0.3 is 10.6 Å². The van der Waals surface area contributed by atoms with Crippen molar-refractivity contribution in [2.24, 2.45) is 7.05 Å². The van der Waals surface area contributed by atoms with Crippen LogP contribution in [0.25, 0.3) is 0 Å². The number of anilines is 1. The summed E-state index contributed by atoms with van der Waals surface area (Å²) in [6.45, 7) is 5.22. The molecule has 2 heterocycles. The Balaban J connectivity index is 1.93. The number of aryl methyl sites for hydroxylation is 2. The van der Waals surface area contributed by atoms with Crippen LogP contribution in [0.15, 0.2) is 24.4 Å². The van der Waals surface area contributed by atoms with Gasteiger partial charge in [0.25, 0.3) is 5.91 Å². The number of nitrogens with zero attached hydrogens (tertiary/aromatic N) is 3. The van der Waals surface area contributed by atoms with Crippen molar-refractivity contribution < 1.29 is 4.79 Å². The first-order chi connectivity index (χ1) is 10.1. The second-order valence-electron chi connectivity index (χ2n) is 4.90. The minimum Gasteiger partial charge on any atom is -0.370 e. The van der Waals surface area contributed by atoms with Gasteiger partial charge in [-0.2, -0.15) is 5.10 Å². The molecule has 0 aliphatic rings. The first-order valence-electron chi connectivity index (χ1n) is 7.07. The van der Waals surface area contributed by atoms with E-state index in [2.05, 4.69) is 20.7 Å². The summed E-state index contributed by atoms with van der Waals surface area (Å²) in [6, 6.07) is 5.51. The summed E-state index contributed by atoms with van der Waals surface area (Å²) in [7, 11) is 1.88. The molecule has 112 valence electrons. The van der Waals surface area contributed by atoms with E-state index in [4.69, 9.17) is 0 Å². The van der Waals surface area contributed by atoms with Crippen LogP contribution in [0.1, 0.15) is 28.7 Å². The van der Waals surface area contributed by atoms with Crippen molar-refractivity contribution in [3.8, 4) is 0 Å². The van der Waals surface area contributed by atoms with Gasteiger partial charge in [0.1, 0.15) is 5.82 Å². The Bertz CT molecular complexity index is 620. The highest BCUT2D eigenvalue weighted by Crippen LogP contribution is 2.10. The van der Waals surface area contributed by atoms with Crippen LogP contribution in [0.2, 0.25) is 0 Å². The fourth-order valence-corrected chi connectivity index (χ4v) is 2.07. The van der Waals surface area contributed by atoms with Crippen LogP contribution in [-0.4, -0.2) is 33.8 Å². The molecule has 0 bridgehead atoms. The summed E-state index contributed by atoms with van der Waals surface area (Å²) < 4.78 is 1.76. The van der Waals surface area contributed by atoms with E-state index in [1.807, 2.05) is 33.2 Å². The monoisotopic (exact) mass is 287 g/mol. The van der Waals surface area contributed by atoms with E-state index in [9.17, 15) is 4.79 Å². The van der Waals surface area contributed by atoms with Crippen LogP contribution in [0.4, 0.5) is 5.82 Å². The van der Waals surface area contributed by atoms with Gasteiger partial charge in [-0.3, -0.25) is 9.48 Å². The molecule has 0 atom stereocenters. The molecule has 2 aromatic rings. The molecule has 2 N–H and O–H groups in total. The zero-order valence-electron chi connectivity index (χ0n) is 12.7. The lowest BCUT2D eigenvalue weighted by Crippen LogP contribution is -2.26. The molecule has 0 fully saturated rings. The summed E-state index contributed by atoms with van der Waals surface area (Å²) in [5, 5.41) is 10.3. The van der Waals surface area contributed by atoms with Gasteiger partial charge >= 0.3 is 0 Å². The van der Waals surface area contributed by atoms with Crippen molar-refractivity contribution in [1.82, 2.24) is 20.1 Å². The van der Waals surface area contributed by atoms with Gasteiger partial charge in [-0.05, 0) is 32.0 Å². The molecule has 6 heteroatoms. The maximum absolute atomic E-state index is 12.2. The third kappa shape index (κ3) is 4.30. The smallest absolute Gasteiger partial charge is 0.251 e. The van der Waals surface area contributed by atoms with Gasteiger partial charge in [0.2, 0.25) is 0 Å². The van der Waals surface area contributed by atoms with Crippen molar-refractivity contribution in [3.05, 3.63) is 41.3 Å². The summed E-state index contributed by atoms with van der Waals surface area (Å²) in [5.74, 6) is 0.642. The number of carbonyl (C=O) groups is 1. The average Bonchev–Trinajstić information content (AvgIpc) is 2.84. The number of hydrogen-bond acceptors (Lipinski definition) is 4. The van der Waals surface area contributed by atoms with Gasteiger partial charge in [0, 0.05) is 44.0 Å². The summed E-state index contributed by atoms with van der Waals surface area (Å²) in [5.41, 5.74) is 2.42. The molecular weight excluding hydrogens is 266 g/mol. The summed E-state index contributed by atoms with van der Waals surface area (Å²) in [6.07, 6.45) is 2.61. The lowest BCUT2D eigenvalue weighted by atomic mass is 10.2. The average molecular weight is 287 g/mol. The van der Waals surface area contributed by atoms with Crippen molar-refractivity contribution in [3.63, 3.8) is 0 Å². The highest BCUT2D eigenvalue weighted by atomic mass is 16.1. The fourth-order valence-electron chi connectivity index (χ4n) is 2.07. The molecule has 0 spiro atoms. The largest absolute Gasteiger partial charge is 0.370 e. The van der Waals surface area contributed by atoms with E-state index in [0.717, 1.165) is 30.2 Å². The Hall–Kier alpha value is -2.37. The zero-order chi connectivity index (χ0) is 15.2. The minimum absolute atomic E-state index is 0.0874. The fraction of sp³-hybridized carbons (Fsp3) is 0.400. The molecule has 21 heavy (non-hydrogen) atoms. The Kier molecular flexibility index (Phi) is 4.92. The van der Waals surface area contributed by atoms with Crippen LogP contribution < -0.4 is 10.6 Å². The van der Waals surface area contributed by atoms with Crippen LogP contribution in [0.3, 0.4) is 0 Å². The lowest BCUT2D eigenvalue weighted by Gasteiger charge is -2.08. The first-order valence-corrected chi connectivity index (χ1v) is 7.07. The number of pyridine rings is 1. The normalized spacial score (nSPS) is 10.4. The van der Waals surface area contributed by atoms with Gasteiger partial charge in [-0.15, -0.1) is 0 Å². The van der Waals surface area contributed by atoms with Crippen LogP contribution in [0.5, 0.6) is 0 Å². The number of nitrogens with one attached hydrogen (secondary N) is 2. The standard InChI is InChI=1S/C15H21N5O/c1-4-16-14-10-12(9-11(2)18-14)15(21)17-7-5-13-6-8-20(3)19-13/h6,8-10H,4-5,7H2,1-3H3,(H,16,18)(H,17,21). The number of amides is 1. The molecule has 2 rings (SSSR count). The number of hydrogen-bond donors (Lipinski definition) is 2. The van der Waals surface area contributed by atoms with Crippen molar-refractivity contribution in [2.75, 3.05) is 18.4 Å². The summed E-state index contributed by atoms with van der Waals surface area (Å²) >= 11 is 0. The zero-order valence-corrected chi connectivity index (χ0v) is 12.7. The molecule has 0 aliphatic carbocycles. The Morgan fingerprint density at radius 3 is 2.86 bits per heavy atom. The third-order valence-electron chi connectivity index (χ3n) is 3.01. The maximum atomic E-state index is 12.2. The van der Waals surface area contributed by atoms with Crippen LogP contribution in [-0.2, 0) is 13.5 Å². The van der Waals surface area contributed by atoms with Crippen molar-refractivity contribution in [1.29, 1.82) is 0 Å². The number of carbonyl (C=O) groups excluding carboxylic acids is 1. The molecule has 0 aromatic carbocycles. The number of rotatable bonds is 6. The van der Waals surface area contributed by atoms with Crippen LogP contribution in [0, 0.1) is 6.92 Å². The third-order valence-corrected chi connectivity index (χ3v) is 3.01. The predicted octanol–water partition coefficient (Wildman–Crippen LogP) is 1.53. The second kappa shape index (κ2) is 6.88. The molecule has 0 unspecified atom stereocenters. The van der Waals surface area contributed by atoms with Gasteiger partial charge in [-0.25, -0.2) is 4.98 Å². The number of aromatic nitrogens is 3. The molecular formula is C15H21N5O. The molecule has 0 aliphatic heterocycles. The topological polar surface area (TPSA) is 71.8 Å². The molecule has 1 amide bonds. The van der Waals surface area contributed by atoms with E-state index in [1.165, 1.54) is 0 Å². The molecule has 0 radical (unpaired) electrons. The van der Waals surface area contributed by atoms with E-state index < -0.39 is 0 Å². The molecule has 0 saturated carbocycles. The van der Waals surface area contributed by atoms with Gasteiger partial charge in [0.15, 0.2) is 0 Å². The van der Waals surface area contributed by atoms with Gasteiger partial charge in [0.05, 0.1) is 5.69 Å².